The monoisotopic (exact) mass is 324 g/mol. The summed E-state index contributed by atoms with van der Waals surface area (Å²) in [7, 11) is -2.51. The highest BCUT2D eigenvalue weighted by molar-refractivity contribution is 7.89. The molecule has 0 saturated heterocycles. The molecule has 0 unspecified atom stereocenters. The van der Waals surface area contributed by atoms with Crippen molar-refractivity contribution in [3.05, 3.63) is 0 Å². The second kappa shape index (κ2) is 7.91. The zero-order valence-electron chi connectivity index (χ0n) is 10.3. The van der Waals surface area contributed by atoms with Gasteiger partial charge in [-0.2, -0.15) is 17.5 Å². The normalized spacial score (nSPS) is 12.7. The number of sulfonamides is 1. The third kappa shape index (κ3) is 9.06. The van der Waals surface area contributed by atoms with Crippen molar-refractivity contribution in [3.8, 4) is 0 Å². The molecule has 0 atom stereocenters. The Balaban J connectivity index is 4.20. The molecule has 114 valence electrons. The number of likely N-dealkylation sites (N-methyl/N-ethyl adjacent to an activating group) is 1. The number of hydrogen-bond donors (Lipinski definition) is 1. The van der Waals surface area contributed by atoms with Crippen molar-refractivity contribution >= 4 is 27.5 Å². The predicted molar refractivity (Wildman–Crippen MR) is 65.4 cm³/mol. The molecule has 0 spiro atoms. The fraction of sp³-hybridized carbons (Fsp3) is 0.889. The Kier molecular flexibility index (Phi) is 7.68. The van der Waals surface area contributed by atoms with Crippen LogP contribution in [0.4, 0.5) is 13.2 Å². The summed E-state index contributed by atoms with van der Waals surface area (Å²) >= 11 is 5.40. The third-order valence-electron chi connectivity index (χ3n) is 2.11. The van der Waals surface area contributed by atoms with Crippen molar-refractivity contribution < 1.29 is 26.4 Å². The maximum absolute atomic E-state index is 11.8. The molecule has 0 aliphatic rings. The van der Waals surface area contributed by atoms with Crippen molar-refractivity contribution in [2.75, 3.05) is 31.8 Å². The van der Waals surface area contributed by atoms with Crippen LogP contribution in [0.3, 0.4) is 0 Å². The Morgan fingerprint density at radius 2 is 1.89 bits per heavy atom. The summed E-state index contributed by atoms with van der Waals surface area (Å²) in [5.74, 6) is -0.866. The predicted octanol–water partition coefficient (Wildman–Crippen LogP) is 0.945. The molecular weight excluding hydrogens is 309 g/mol. The molecule has 0 aromatic carbocycles. The Morgan fingerprint density at radius 1 is 1.32 bits per heavy atom. The van der Waals surface area contributed by atoms with Gasteiger partial charge in [-0.25, -0.2) is 8.42 Å². The second-order valence-corrected chi connectivity index (χ2v) is 6.43. The van der Waals surface area contributed by atoms with Gasteiger partial charge in [0.1, 0.15) is 6.54 Å². The number of carbonyl (C=O) groups is 1. The molecular formula is C9H16ClF3N2O3S. The number of carbonyl (C=O) groups excluding carboxylic acids is 1. The van der Waals surface area contributed by atoms with Gasteiger partial charge in [0.05, 0.1) is 12.3 Å². The fourth-order valence-electron chi connectivity index (χ4n) is 1.09. The number of nitrogens with one attached hydrogen (secondary N) is 1. The first kappa shape index (κ1) is 18.5. The summed E-state index contributed by atoms with van der Waals surface area (Å²) in [5, 5.41) is 1.60. The van der Waals surface area contributed by atoms with E-state index in [0.29, 0.717) is 18.7 Å². The lowest BCUT2D eigenvalue weighted by Crippen LogP contribution is -2.42. The van der Waals surface area contributed by atoms with Gasteiger partial charge >= 0.3 is 6.18 Å². The van der Waals surface area contributed by atoms with Gasteiger partial charge in [-0.3, -0.25) is 4.79 Å². The number of unbranched alkanes of at least 4 members (excludes halogenated alkanes) is 1. The van der Waals surface area contributed by atoms with Gasteiger partial charge in [-0.15, -0.1) is 11.6 Å². The van der Waals surface area contributed by atoms with Crippen molar-refractivity contribution in [2.45, 2.75) is 19.0 Å². The zero-order valence-corrected chi connectivity index (χ0v) is 11.9. The number of halogens is 4. The van der Waals surface area contributed by atoms with Crippen LogP contribution in [-0.4, -0.2) is 56.6 Å². The Morgan fingerprint density at radius 3 is 2.37 bits per heavy atom. The van der Waals surface area contributed by atoms with E-state index in [1.54, 1.807) is 5.32 Å². The first-order chi connectivity index (χ1) is 8.58. The van der Waals surface area contributed by atoms with Gasteiger partial charge in [0.2, 0.25) is 15.9 Å². The quantitative estimate of drug-likeness (QED) is 0.534. The summed E-state index contributed by atoms with van der Waals surface area (Å²) in [6, 6.07) is 0. The van der Waals surface area contributed by atoms with Crippen LogP contribution in [-0.2, 0) is 14.8 Å². The van der Waals surface area contributed by atoms with Crippen LogP contribution >= 0.6 is 11.6 Å². The van der Waals surface area contributed by atoms with Crippen LogP contribution in [0.2, 0.25) is 0 Å². The summed E-state index contributed by atoms with van der Waals surface area (Å²) in [6.07, 6.45) is -3.68. The molecule has 1 amide bonds. The molecule has 0 aromatic rings. The Labute approximate surface area is 115 Å². The molecule has 1 N–H and O–H groups in total. The minimum Gasteiger partial charge on any atom is -0.346 e. The number of alkyl halides is 4. The molecule has 0 aliphatic carbocycles. The van der Waals surface area contributed by atoms with Crippen LogP contribution in [0.1, 0.15) is 12.8 Å². The van der Waals surface area contributed by atoms with Crippen LogP contribution in [0, 0.1) is 0 Å². The first-order valence-electron chi connectivity index (χ1n) is 5.42. The molecule has 0 heterocycles. The maximum atomic E-state index is 11.8. The molecule has 0 aliphatic heterocycles. The van der Waals surface area contributed by atoms with E-state index >= 15 is 0 Å². The molecule has 0 fully saturated rings. The second-order valence-electron chi connectivity index (χ2n) is 3.86. The zero-order chi connectivity index (χ0) is 15.1. The van der Waals surface area contributed by atoms with E-state index < -0.39 is 35.2 Å². The van der Waals surface area contributed by atoms with E-state index in [4.69, 9.17) is 11.6 Å². The van der Waals surface area contributed by atoms with E-state index in [1.165, 1.54) is 0 Å². The van der Waals surface area contributed by atoms with E-state index in [-0.39, 0.29) is 5.75 Å². The highest BCUT2D eigenvalue weighted by Crippen LogP contribution is 2.12. The van der Waals surface area contributed by atoms with Gasteiger partial charge in [-0.1, -0.05) is 0 Å². The topological polar surface area (TPSA) is 66.5 Å². The summed E-state index contributed by atoms with van der Waals surface area (Å²) in [4.78, 5) is 11.1. The number of nitrogens with zero attached hydrogens (tertiary/aromatic N) is 1. The lowest BCUT2D eigenvalue weighted by molar-refractivity contribution is -0.138. The smallest absolute Gasteiger partial charge is 0.346 e. The summed E-state index contributed by atoms with van der Waals surface area (Å²) in [6.45, 7) is -2.12. The Bertz CT molecular complexity index is 387. The largest absolute Gasteiger partial charge is 0.405 e. The van der Waals surface area contributed by atoms with Crippen LogP contribution in [0.5, 0.6) is 0 Å². The van der Waals surface area contributed by atoms with Crippen molar-refractivity contribution in [3.63, 3.8) is 0 Å². The van der Waals surface area contributed by atoms with Crippen LogP contribution < -0.4 is 5.32 Å². The van der Waals surface area contributed by atoms with Gasteiger partial charge in [0.15, 0.2) is 0 Å². The standard InChI is InChI=1S/C9H16ClF3N2O3S/c1-15(19(17,18)5-3-2-4-10)6-8(16)14-7-9(11,12)13/h2-7H2,1H3,(H,14,16). The highest BCUT2D eigenvalue weighted by Gasteiger charge is 2.28. The van der Waals surface area contributed by atoms with E-state index in [0.717, 1.165) is 11.4 Å². The van der Waals surface area contributed by atoms with Gasteiger partial charge in [0, 0.05) is 12.9 Å². The lowest BCUT2D eigenvalue weighted by atomic mass is 10.4. The molecule has 19 heavy (non-hydrogen) atoms. The van der Waals surface area contributed by atoms with Crippen molar-refractivity contribution in [1.29, 1.82) is 0 Å². The SMILES string of the molecule is CN(CC(=O)NCC(F)(F)F)S(=O)(=O)CCCCCl. The molecule has 0 saturated carbocycles. The minimum atomic E-state index is -4.52. The first-order valence-corrected chi connectivity index (χ1v) is 7.56. The van der Waals surface area contributed by atoms with E-state index in [2.05, 4.69) is 0 Å². The highest BCUT2D eigenvalue weighted by atomic mass is 35.5. The van der Waals surface area contributed by atoms with Gasteiger partial charge < -0.3 is 5.32 Å². The maximum Gasteiger partial charge on any atom is 0.405 e. The van der Waals surface area contributed by atoms with Crippen LogP contribution in [0.25, 0.3) is 0 Å². The number of rotatable bonds is 8. The van der Waals surface area contributed by atoms with E-state index in [1.807, 2.05) is 0 Å². The molecule has 0 bridgehead atoms. The number of amides is 1. The van der Waals surface area contributed by atoms with Crippen molar-refractivity contribution in [2.24, 2.45) is 0 Å². The number of hydrogen-bond acceptors (Lipinski definition) is 3. The van der Waals surface area contributed by atoms with Gasteiger partial charge in [0.25, 0.3) is 0 Å². The lowest BCUT2D eigenvalue weighted by Gasteiger charge is -2.17. The Hall–Kier alpha value is -0.540. The average molecular weight is 325 g/mol. The third-order valence-corrected chi connectivity index (χ3v) is 4.26. The van der Waals surface area contributed by atoms with Crippen LogP contribution in [0.15, 0.2) is 0 Å². The molecule has 10 heteroatoms. The molecule has 0 radical (unpaired) electrons. The summed E-state index contributed by atoms with van der Waals surface area (Å²) < 4.78 is 59.5. The van der Waals surface area contributed by atoms with E-state index in [9.17, 15) is 26.4 Å². The minimum absolute atomic E-state index is 0.192. The average Bonchev–Trinajstić information content (AvgIpc) is 2.25. The molecule has 5 nitrogen and oxygen atoms in total. The fourth-order valence-corrected chi connectivity index (χ4v) is 2.47. The molecule has 0 rings (SSSR count). The molecule has 0 aromatic heterocycles. The summed E-state index contributed by atoms with van der Waals surface area (Å²) in [5.41, 5.74) is 0. The van der Waals surface area contributed by atoms with Crippen molar-refractivity contribution in [1.82, 2.24) is 9.62 Å². The van der Waals surface area contributed by atoms with Gasteiger partial charge in [-0.05, 0) is 12.8 Å².